The molecule has 8 heteroatoms. The van der Waals surface area contributed by atoms with E-state index in [0.29, 0.717) is 32.6 Å². The normalized spacial score (nSPS) is 31.3. The fourth-order valence-electron chi connectivity index (χ4n) is 7.02. The Balaban J connectivity index is 1.77. The highest BCUT2D eigenvalue weighted by molar-refractivity contribution is 5.99. The lowest BCUT2D eigenvalue weighted by atomic mass is 9.62. The number of fused-ring (bicyclic) bond motifs is 1. The van der Waals surface area contributed by atoms with Crippen molar-refractivity contribution in [3.05, 3.63) is 61.2 Å². The molecule has 6 atom stereocenters. The molecule has 0 saturated carbocycles. The zero-order chi connectivity index (χ0) is 27.7. The highest BCUT2D eigenvalue weighted by atomic mass is 16.5. The van der Waals surface area contributed by atoms with Crippen molar-refractivity contribution >= 4 is 17.7 Å². The molecule has 1 N–H and O–H groups in total. The Hall–Kier alpha value is -2.97. The van der Waals surface area contributed by atoms with Gasteiger partial charge in [0.2, 0.25) is 17.7 Å². The molecule has 0 aromatic heterocycles. The number of hydrogen-bond donors (Lipinski definition) is 1. The molecule has 8 nitrogen and oxygen atoms in total. The lowest BCUT2D eigenvalue weighted by Gasteiger charge is -2.39. The second-order valence-corrected chi connectivity index (χ2v) is 11.0. The van der Waals surface area contributed by atoms with E-state index in [9.17, 15) is 19.5 Å². The summed E-state index contributed by atoms with van der Waals surface area (Å²) in [7, 11) is 0. The van der Waals surface area contributed by atoms with Gasteiger partial charge in [-0.15, -0.1) is 13.2 Å². The third kappa shape index (κ3) is 4.37. The van der Waals surface area contributed by atoms with E-state index in [-0.39, 0.29) is 36.8 Å². The lowest BCUT2D eigenvalue weighted by molar-refractivity contribution is -0.155. The van der Waals surface area contributed by atoms with Crippen LogP contribution < -0.4 is 0 Å². The number of likely N-dealkylation sites (tertiary alicyclic amines) is 1. The maximum Gasteiger partial charge on any atom is 0.248 e. The smallest absolute Gasteiger partial charge is 0.248 e. The Morgan fingerprint density at radius 1 is 1.16 bits per heavy atom. The summed E-state index contributed by atoms with van der Waals surface area (Å²) < 4.78 is 6.79. The van der Waals surface area contributed by atoms with Crippen LogP contribution in [0.15, 0.2) is 55.6 Å². The molecule has 3 unspecified atom stereocenters. The second-order valence-electron chi connectivity index (χ2n) is 11.0. The Kier molecular flexibility index (Phi) is 8.14. The number of nitrogens with zero attached hydrogens (tertiary/aromatic N) is 3. The van der Waals surface area contributed by atoms with E-state index in [2.05, 4.69) is 13.2 Å². The van der Waals surface area contributed by atoms with Gasteiger partial charge in [0.1, 0.15) is 11.6 Å². The third-order valence-corrected chi connectivity index (χ3v) is 8.69. The topological polar surface area (TPSA) is 90.4 Å². The van der Waals surface area contributed by atoms with Crippen LogP contribution in [-0.4, -0.2) is 87.6 Å². The number of amides is 3. The molecule has 3 fully saturated rings. The number of rotatable bonds is 12. The molecule has 2 bridgehead atoms. The maximum atomic E-state index is 14.3. The summed E-state index contributed by atoms with van der Waals surface area (Å²) in [5.74, 6) is -2.22. The van der Waals surface area contributed by atoms with E-state index in [1.165, 1.54) is 4.90 Å². The fraction of sp³-hybridized carbons (Fsp3) is 0.567. The van der Waals surface area contributed by atoms with Crippen molar-refractivity contribution in [3.63, 3.8) is 0 Å². The summed E-state index contributed by atoms with van der Waals surface area (Å²) in [6, 6.07) is 8.73. The highest BCUT2D eigenvalue weighted by Crippen LogP contribution is 2.65. The van der Waals surface area contributed by atoms with Gasteiger partial charge in [-0.05, 0) is 31.2 Å². The summed E-state index contributed by atoms with van der Waals surface area (Å²) in [4.78, 5) is 47.3. The zero-order valence-corrected chi connectivity index (χ0v) is 22.8. The van der Waals surface area contributed by atoms with E-state index < -0.39 is 29.1 Å². The molecule has 1 aromatic rings. The second kappa shape index (κ2) is 11.0. The molecule has 3 amide bonds. The number of hydrogen-bond acceptors (Lipinski definition) is 5. The van der Waals surface area contributed by atoms with Crippen LogP contribution >= 0.6 is 0 Å². The number of β-amino-alcohol motifs (C(OH)–C–C–N with tert-alkyl or cyclic N) is 1. The minimum Gasteiger partial charge on any atom is -0.395 e. The minimum absolute atomic E-state index is 0.00144. The van der Waals surface area contributed by atoms with Gasteiger partial charge in [0.25, 0.3) is 0 Å². The molecule has 38 heavy (non-hydrogen) atoms. The van der Waals surface area contributed by atoms with E-state index in [4.69, 9.17) is 4.74 Å². The molecule has 1 aromatic carbocycles. The first kappa shape index (κ1) is 28.0. The predicted molar refractivity (Wildman–Crippen MR) is 145 cm³/mol. The van der Waals surface area contributed by atoms with Crippen molar-refractivity contribution in [3.8, 4) is 0 Å². The SMILES string of the molecule is C=CCN(Cc1ccccc1)C(=O)C1N(CCO)C(=O)[C@@H]2[C@H](C(=O)N(CC=C)CCC)[C@@]3(C)OC12CC3C. The van der Waals surface area contributed by atoms with Gasteiger partial charge in [0.15, 0.2) is 0 Å². The number of carbonyl (C=O) groups excluding carboxylic acids is 3. The molecule has 206 valence electrons. The number of aliphatic hydroxyl groups is 1. The summed E-state index contributed by atoms with van der Waals surface area (Å²) in [6.07, 6.45) is 4.63. The lowest BCUT2D eigenvalue weighted by Crippen LogP contribution is -2.57. The summed E-state index contributed by atoms with van der Waals surface area (Å²) >= 11 is 0. The standard InChI is InChI=1S/C30H41N3O5/c1-6-14-31(15-7-2)26(35)23-24-27(36)33(17-18-34)25(30(24)19-21(4)29(23,5)38-30)28(37)32(16-8-3)20-22-12-10-9-11-13-22/h6,8-13,21,23-25,34H,1,3,7,14-20H2,2,4-5H3/t21?,23-,24+,25?,29+,30?/m1/s1. The first-order chi connectivity index (χ1) is 18.2. The average molecular weight is 524 g/mol. The van der Waals surface area contributed by atoms with Gasteiger partial charge in [0, 0.05) is 32.7 Å². The Labute approximate surface area is 225 Å². The first-order valence-electron chi connectivity index (χ1n) is 13.6. The quantitative estimate of drug-likeness (QED) is 0.426. The van der Waals surface area contributed by atoms with Crippen LogP contribution in [0.4, 0.5) is 0 Å². The third-order valence-electron chi connectivity index (χ3n) is 8.69. The summed E-state index contributed by atoms with van der Waals surface area (Å²) in [6.45, 7) is 14.9. The number of ether oxygens (including phenoxy) is 1. The van der Waals surface area contributed by atoms with Crippen molar-refractivity contribution in [1.29, 1.82) is 0 Å². The highest BCUT2D eigenvalue weighted by Gasteiger charge is 2.80. The van der Waals surface area contributed by atoms with Crippen LogP contribution in [0.3, 0.4) is 0 Å². The number of carbonyl (C=O) groups is 3. The molecular formula is C30H41N3O5. The van der Waals surface area contributed by atoms with Gasteiger partial charge in [-0.3, -0.25) is 14.4 Å². The average Bonchev–Trinajstić information content (AvgIpc) is 3.40. The molecule has 3 aliphatic heterocycles. The number of benzene rings is 1. The summed E-state index contributed by atoms with van der Waals surface area (Å²) in [5.41, 5.74) is -1.06. The predicted octanol–water partition coefficient (Wildman–Crippen LogP) is 2.63. The molecule has 3 saturated heterocycles. The van der Waals surface area contributed by atoms with Crippen molar-refractivity contribution in [2.24, 2.45) is 17.8 Å². The van der Waals surface area contributed by atoms with Gasteiger partial charge in [-0.25, -0.2) is 0 Å². The Morgan fingerprint density at radius 2 is 1.82 bits per heavy atom. The molecule has 4 rings (SSSR count). The van der Waals surface area contributed by atoms with Crippen LogP contribution in [0.5, 0.6) is 0 Å². The first-order valence-corrected chi connectivity index (χ1v) is 13.6. The molecule has 0 radical (unpaired) electrons. The van der Waals surface area contributed by atoms with Gasteiger partial charge >= 0.3 is 0 Å². The fourth-order valence-corrected chi connectivity index (χ4v) is 7.02. The van der Waals surface area contributed by atoms with Gasteiger partial charge in [-0.1, -0.05) is 56.3 Å². The van der Waals surface area contributed by atoms with E-state index in [1.807, 2.05) is 51.1 Å². The number of aliphatic hydroxyl groups excluding tert-OH is 1. The van der Waals surface area contributed by atoms with Crippen LogP contribution in [0, 0.1) is 17.8 Å². The largest absolute Gasteiger partial charge is 0.395 e. The van der Waals surface area contributed by atoms with Crippen LogP contribution in [0.1, 0.15) is 39.2 Å². The minimum atomic E-state index is -1.14. The van der Waals surface area contributed by atoms with Crippen molar-refractivity contribution in [1.82, 2.24) is 14.7 Å². The van der Waals surface area contributed by atoms with Crippen LogP contribution in [-0.2, 0) is 25.7 Å². The van der Waals surface area contributed by atoms with Crippen molar-refractivity contribution < 1.29 is 24.2 Å². The monoisotopic (exact) mass is 523 g/mol. The van der Waals surface area contributed by atoms with Crippen molar-refractivity contribution in [2.75, 3.05) is 32.8 Å². The Morgan fingerprint density at radius 3 is 2.42 bits per heavy atom. The van der Waals surface area contributed by atoms with Gasteiger partial charge < -0.3 is 24.5 Å². The van der Waals surface area contributed by atoms with E-state index >= 15 is 0 Å². The van der Waals surface area contributed by atoms with Crippen molar-refractivity contribution in [2.45, 2.75) is 57.4 Å². The molecule has 3 heterocycles. The molecule has 0 aliphatic carbocycles. The van der Waals surface area contributed by atoms with E-state index in [0.717, 1.165) is 12.0 Å². The van der Waals surface area contributed by atoms with E-state index in [1.54, 1.807) is 22.0 Å². The van der Waals surface area contributed by atoms with Gasteiger partial charge in [0.05, 0.1) is 24.0 Å². The Bertz CT molecular complexity index is 1080. The van der Waals surface area contributed by atoms with Crippen LogP contribution in [0.25, 0.3) is 0 Å². The maximum absolute atomic E-state index is 14.3. The zero-order valence-electron chi connectivity index (χ0n) is 22.8. The summed E-state index contributed by atoms with van der Waals surface area (Å²) in [5, 5.41) is 9.90. The molecule has 1 spiro atoms. The van der Waals surface area contributed by atoms with Crippen LogP contribution in [0.2, 0.25) is 0 Å². The van der Waals surface area contributed by atoms with Gasteiger partial charge in [-0.2, -0.15) is 0 Å². The molecular weight excluding hydrogens is 482 g/mol. The molecule has 3 aliphatic rings.